The molecular formula is C13H20N2O2S. The van der Waals surface area contributed by atoms with Crippen LogP contribution in [-0.4, -0.2) is 38.9 Å². The molecule has 0 aromatic heterocycles. The number of piperidine rings is 1. The van der Waals surface area contributed by atoms with Crippen LogP contribution in [0.5, 0.6) is 0 Å². The lowest BCUT2D eigenvalue weighted by Crippen LogP contribution is -2.46. The maximum absolute atomic E-state index is 12.5. The van der Waals surface area contributed by atoms with Crippen molar-refractivity contribution in [2.45, 2.75) is 30.7 Å². The van der Waals surface area contributed by atoms with E-state index in [1.54, 1.807) is 16.4 Å². The van der Waals surface area contributed by atoms with E-state index in [0.717, 1.165) is 18.4 Å². The first kappa shape index (κ1) is 13.5. The van der Waals surface area contributed by atoms with E-state index in [0.29, 0.717) is 18.0 Å². The molecule has 1 heterocycles. The fraction of sp³-hybridized carbons (Fsp3) is 0.538. The van der Waals surface area contributed by atoms with Gasteiger partial charge in [0.05, 0.1) is 4.90 Å². The van der Waals surface area contributed by atoms with Gasteiger partial charge < -0.3 is 5.32 Å². The average molecular weight is 268 g/mol. The molecule has 5 heteroatoms. The van der Waals surface area contributed by atoms with Gasteiger partial charge in [0.1, 0.15) is 0 Å². The smallest absolute Gasteiger partial charge is 0.243 e. The first-order valence-electron chi connectivity index (χ1n) is 6.28. The summed E-state index contributed by atoms with van der Waals surface area (Å²) < 4.78 is 26.5. The second-order valence-electron chi connectivity index (χ2n) is 4.80. The van der Waals surface area contributed by atoms with Crippen molar-refractivity contribution in [3.63, 3.8) is 0 Å². The van der Waals surface area contributed by atoms with E-state index in [1.165, 1.54) is 0 Å². The minimum atomic E-state index is -3.33. The van der Waals surface area contributed by atoms with Crippen molar-refractivity contribution in [3.05, 3.63) is 29.8 Å². The molecule has 1 saturated heterocycles. The average Bonchev–Trinajstić information content (AvgIpc) is 2.39. The summed E-state index contributed by atoms with van der Waals surface area (Å²) in [5.41, 5.74) is 1.07. The van der Waals surface area contributed by atoms with Crippen LogP contribution in [0.15, 0.2) is 29.2 Å². The molecule has 1 aliphatic heterocycles. The van der Waals surface area contributed by atoms with E-state index >= 15 is 0 Å². The van der Waals surface area contributed by atoms with Crippen molar-refractivity contribution in [2.24, 2.45) is 0 Å². The number of sulfonamides is 1. The zero-order valence-electron chi connectivity index (χ0n) is 10.9. The van der Waals surface area contributed by atoms with E-state index < -0.39 is 10.0 Å². The Morgan fingerprint density at radius 3 is 2.56 bits per heavy atom. The third-order valence-corrected chi connectivity index (χ3v) is 5.33. The number of hydrogen-bond donors (Lipinski definition) is 1. The molecule has 0 saturated carbocycles. The Bertz CT molecular complexity index is 496. The lowest BCUT2D eigenvalue weighted by atomic mass is 10.1. The van der Waals surface area contributed by atoms with Gasteiger partial charge in [0.2, 0.25) is 10.0 Å². The fourth-order valence-electron chi connectivity index (χ4n) is 2.26. The van der Waals surface area contributed by atoms with E-state index in [1.807, 2.05) is 26.1 Å². The Balaban J connectivity index is 2.22. The fourth-order valence-corrected chi connectivity index (χ4v) is 3.78. The highest BCUT2D eigenvalue weighted by molar-refractivity contribution is 7.89. The molecule has 2 rings (SSSR count). The Kier molecular flexibility index (Phi) is 4.04. The molecule has 0 bridgehead atoms. The van der Waals surface area contributed by atoms with Gasteiger partial charge >= 0.3 is 0 Å². The van der Waals surface area contributed by atoms with E-state index in [-0.39, 0.29) is 6.04 Å². The first-order chi connectivity index (χ1) is 8.54. The summed E-state index contributed by atoms with van der Waals surface area (Å²) >= 11 is 0. The second kappa shape index (κ2) is 5.38. The summed E-state index contributed by atoms with van der Waals surface area (Å²) in [6.07, 6.45) is 1.95. The standard InChI is InChI=1S/C13H20N2O2S/c1-11-5-7-13(8-6-11)18(16,17)15-9-3-4-12(10-15)14-2/h5-8,12,14H,3-4,9-10H2,1-2H3/t12-/m1/s1. The van der Waals surface area contributed by atoms with Gasteiger partial charge in [-0.1, -0.05) is 17.7 Å². The largest absolute Gasteiger partial charge is 0.316 e. The molecule has 0 aliphatic carbocycles. The van der Waals surface area contributed by atoms with Gasteiger partial charge in [-0.15, -0.1) is 0 Å². The maximum Gasteiger partial charge on any atom is 0.243 e. The Labute approximate surface area is 109 Å². The molecule has 1 aromatic rings. The number of rotatable bonds is 3. The minimum absolute atomic E-state index is 0.263. The molecule has 0 unspecified atom stereocenters. The SMILES string of the molecule is CN[C@@H]1CCCN(S(=O)(=O)c2ccc(C)cc2)C1. The molecule has 0 amide bonds. The zero-order valence-corrected chi connectivity index (χ0v) is 11.7. The predicted octanol–water partition coefficient (Wildman–Crippen LogP) is 1.37. The number of likely N-dealkylation sites (N-methyl/N-ethyl adjacent to an activating group) is 1. The molecule has 18 heavy (non-hydrogen) atoms. The van der Waals surface area contributed by atoms with Crippen LogP contribution in [0.2, 0.25) is 0 Å². The first-order valence-corrected chi connectivity index (χ1v) is 7.72. The maximum atomic E-state index is 12.5. The number of nitrogens with one attached hydrogen (secondary N) is 1. The molecule has 1 aliphatic rings. The third kappa shape index (κ3) is 2.74. The van der Waals surface area contributed by atoms with Crippen LogP contribution < -0.4 is 5.32 Å². The molecule has 1 N–H and O–H groups in total. The normalized spacial score (nSPS) is 22.0. The van der Waals surface area contributed by atoms with E-state index in [4.69, 9.17) is 0 Å². The van der Waals surface area contributed by atoms with Crippen LogP contribution in [-0.2, 0) is 10.0 Å². The number of benzene rings is 1. The summed E-state index contributed by atoms with van der Waals surface area (Å²) in [6, 6.07) is 7.32. The summed E-state index contributed by atoms with van der Waals surface area (Å²) in [5, 5.41) is 3.16. The highest BCUT2D eigenvalue weighted by Gasteiger charge is 2.29. The highest BCUT2D eigenvalue weighted by Crippen LogP contribution is 2.20. The topological polar surface area (TPSA) is 49.4 Å². The van der Waals surface area contributed by atoms with Crippen LogP contribution in [0.1, 0.15) is 18.4 Å². The summed E-state index contributed by atoms with van der Waals surface area (Å²) in [7, 11) is -1.45. The summed E-state index contributed by atoms with van der Waals surface area (Å²) in [4.78, 5) is 0.393. The van der Waals surface area contributed by atoms with Crippen molar-refractivity contribution in [2.75, 3.05) is 20.1 Å². The third-order valence-electron chi connectivity index (χ3n) is 3.45. The van der Waals surface area contributed by atoms with Crippen LogP contribution in [0, 0.1) is 6.92 Å². The minimum Gasteiger partial charge on any atom is -0.316 e. The quantitative estimate of drug-likeness (QED) is 0.900. The van der Waals surface area contributed by atoms with Gasteiger partial charge in [-0.3, -0.25) is 0 Å². The second-order valence-corrected chi connectivity index (χ2v) is 6.74. The van der Waals surface area contributed by atoms with Crippen LogP contribution in [0.3, 0.4) is 0 Å². The molecule has 0 spiro atoms. The van der Waals surface area contributed by atoms with Gasteiger partial charge in [0.25, 0.3) is 0 Å². The molecule has 4 nitrogen and oxygen atoms in total. The van der Waals surface area contributed by atoms with Gasteiger partial charge in [0, 0.05) is 19.1 Å². The number of aryl methyl sites for hydroxylation is 1. The van der Waals surface area contributed by atoms with Crippen LogP contribution >= 0.6 is 0 Å². The molecule has 100 valence electrons. The molecular weight excluding hydrogens is 248 g/mol. The molecule has 0 radical (unpaired) electrons. The van der Waals surface area contributed by atoms with Crippen molar-refractivity contribution in [1.82, 2.24) is 9.62 Å². The number of nitrogens with zero attached hydrogens (tertiary/aromatic N) is 1. The number of hydrogen-bond acceptors (Lipinski definition) is 3. The molecule has 1 atom stereocenters. The van der Waals surface area contributed by atoms with Crippen molar-refractivity contribution < 1.29 is 8.42 Å². The van der Waals surface area contributed by atoms with Crippen molar-refractivity contribution >= 4 is 10.0 Å². The van der Waals surface area contributed by atoms with Gasteiger partial charge in [-0.2, -0.15) is 4.31 Å². The van der Waals surface area contributed by atoms with Gasteiger partial charge in [-0.25, -0.2) is 8.42 Å². The lowest BCUT2D eigenvalue weighted by Gasteiger charge is -2.31. The summed E-state index contributed by atoms with van der Waals surface area (Å²) in [5.74, 6) is 0. The van der Waals surface area contributed by atoms with Crippen molar-refractivity contribution in [1.29, 1.82) is 0 Å². The highest BCUT2D eigenvalue weighted by atomic mass is 32.2. The predicted molar refractivity (Wildman–Crippen MR) is 72.0 cm³/mol. The zero-order chi connectivity index (χ0) is 13.2. The van der Waals surface area contributed by atoms with Gasteiger partial charge in [0.15, 0.2) is 0 Å². The Morgan fingerprint density at radius 1 is 1.28 bits per heavy atom. The molecule has 1 aromatic carbocycles. The van der Waals surface area contributed by atoms with Gasteiger partial charge in [-0.05, 0) is 38.9 Å². The van der Waals surface area contributed by atoms with Crippen LogP contribution in [0.25, 0.3) is 0 Å². The van der Waals surface area contributed by atoms with E-state index in [2.05, 4.69) is 5.32 Å². The van der Waals surface area contributed by atoms with Crippen molar-refractivity contribution in [3.8, 4) is 0 Å². The summed E-state index contributed by atoms with van der Waals surface area (Å²) in [6.45, 7) is 3.13. The monoisotopic (exact) mass is 268 g/mol. The lowest BCUT2D eigenvalue weighted by molar-refractivity contribution is 0.293. The molecule has 1 fully saturated rings. The Morgan fingerprint density at radius 2 is 1.94 bits per heavy atom. The Hall–Kier alpha value is -0.910. The van der Waals surface area contributed by atoms with Crippen LogP contribution in [0.4, 0.5) is 0 Å². The van der Waals surface area contributed by atoms with E-state index in [9.17, 15) is 8.42 Å².